The molecule has 1 aromatic carbocycles. The Balaban J connectivity index is 2.18. The standard InChI is InChI=1S/C10H10N2OS/c1-7-6-13-10(12-7)14-9-4-2-3-8(11)5-9/h2-6H,11H2,1H3. The Morgan fingerprint density at radius 3 is 2.93 bits per heavy atom. The van der Waals surface area contributed by atoms with E-state index in [2.05, 4.69) is 4.98 Å². The molecule has 0 unspecified atom stereocenters. The molecule has 2 aromatic rings. The van der Waals surface area contributed by atoms with Gasteiger partial charge >= 0.3 is 0 Å². The molecule has 0 aliphatic heterocycles. The fourth-order valence-electron chi connectivity index (χ4n) is 1.06. The summed E-state index contributed by atoms with van der Waals surface area (Å²) < 4.78 is 5.22. The van der Waals surface area contributed by atoms with Gasteiger partial charge in [-0.1, -0.05) is 6.07 Å². The van der Waals surface area contributed by atoms with Crippen molar-refractivity contribution in [3.8, 4) is 0 Å². The molecule has 0 spiro atoms. The van der Waals surface area contributed by atoms with Crippen molar-refractivity contribution < 1.29 is 4.42 Å². The number of hydrogen-bond acceptors (Lipinski definition) is 4. The first-order valence-electron chi connectivity index (χ1n) is 4.19. The van der Waals surface area contributed by atoms with E-state index in [1.807, 2.05) is 31.2 Å². The summed E-state index contributed by atoms with van der Waals surface area (Å²) in [6.07, 6.45) is 1.63. The van der Waals surface area contributed by atoms with Gasteiger partial charge in [-0.2, -0.15) is 0 Å². The maximum Gasteiger partial charge on any atom is 0.260 e. The predicted molar refractivity (Wildman–Crippen MR) is 56.2 cm³/mol. The number of nitrogens with zero attached hydrogens (tertiary/aromatic N) is 1. The zero-order valence-corrected chi connectivity index (χ0v) is 8.54. The molecule has 0 aliphatic rings. The van der Waals surface area contributed by atoms with E-state index < -0.39 is 0 Å². The lowest BCUT2D eigenvalue weighted by Gasteiger charge is -1.97. The summed E-state index contributed by atoms with van der Waals surface area (Å²) in [6, 6.07) is 7.63. The number of anilines is 1. The van der Waals surface area contributed by atoms with Crippen LogP contribution in [-0.4, -0.2) is 4.98 Å². The average molecular weight is 206 g/mol. The average Bonchev–Trinajstić information content (AvgIpc) is 2.51. The first kappa shape index (κ1) is 9.15. The molecular formula is C10H10N2OS. The molecule has 2 N–H and O–H groups in total. The van der Waals surface area contributed by atoms with Crippen molar-refractivity contribution in [3.63, 3.8) is 0 Å². The molecule has 0 atom stereocenters. The summed E-state index contributed by atoms with van der Waals surface area (Å²) >= 11 is 1.46. The van der Waals surface area contributed by atoms with Crippen LogP contribution in [0.25, 0.3) is 0 Å². The number of nitrogen functional groups attached to an aromatic ring is 1. The summed E-state index contributed by atoms with van der Waals surface area (Å²) in [5.74, 6) is 0. The molecule has 1 heterocycles. The Bertz CT molecular complexity index is 439. The van der Waals surface area contributed by atoms with Crippen molar-refractivity contribution >= 4 is 17.4 Å². The molecule has 0 bridgehead atoms. The third-order valence-electron chi connectivity index (χ3n) is 1.66. The van der Waals surface area contributed by atoms with Crippen LogP contribution in [0.1, 0.15) is 5.69 Å². The number of oxazole rings is 1. The van der Waals surface area contributed by atoms with Crippen molar-refractivity contribution in [3.05, 3.63) is 36.2 Å². The summed E-state index contributed by atoms with van der Waals surface area (Å²) in [5, 5.41) is 0.646. The third-order valence-corrected chi connectivity index (χ3v) is 2.51. The van der Waals surface area contributed by atoms with Gasteiger partial charge < -0.3 is 10.2 Å². The molecule has 0 fully saturated rings. The Morgan fingerprint density at radius 2 is 2.29 bits per heavy atom. The van der Waals surface area contributed by atoms with Crippen LogP contribution in [-0.2, 0) is 0 Å². The van der Waals surface area contributed by atoms with Crippen LogP contribution in [0.5, 0.6) is 0 Å². The molecule has 4 heteroatoms. The first-order valence-corrected chi connectivity index (χ1v) is 5.01. The van der Waals surface area contributed by atoms with Crippen LogP contribution in [0.15, 0.2) is 45.1 Å². The number of aryl methyl sites for hydroxylation is 1. The summed E-state index contributed by atoms with van der Waals surface area (Å²) in [6.45, 7) is 1.90. The highest BCUT2D eigenvalue weighted by molar-refractivity contribution is 7.99. The number of hydrogen-bond donors (Lipinski definition) is 1. The number of rotatable bonds is 2. The van der Waals surface area contributed by atoms with E-state index >= 15 is 0 Å². The van der Waals surface area contributed by atoms with Gasteiger partial charge in [0, 0.05) is 10.6 Å². The van der Waals surface area contributed by atoms with Gasteiger partial charge in [-0.05, 0) is 36.9 Å². The highest BCUT2D eigenvalue weighted by Gasteiger charge is 2.03. The van der Waals surface area contributed by atoms with E-state index in [9.17, 15) is 0 Å². The van der Waals surface area contributed by atoms with Gasteiger partial charge in [0.1, 0.15) is 6.26 Å². The zero-order valence-electron chi connectivity index (χ0n) is 7.73. The van der Waals surface area contributed by atoms with Crippen LogP contribution in [0.4, 0.5) is 5.69 Å². The fourth-order valence-corrected chi connectivity index (χ4v) is 1.89. The van der Waals surface area contributed by atoms with Crippen molar-refractivity contribution in [2.75, 3.05) is 5.73 Å². The fraction of sp³-hybridized carbons (Fsp3) is 0.100. The van der Waals surface area contributed by atoms with Gasteiger partial charge in [0.25, 0.3) is 5.22 Å². The van der Waals surface area contributed by atoms with Crippen molar-refractivity contribution in [2.24, 2.45) is 0 Å². The van der Waals surface area contributed by atoms with Gasteiger partial charge in [-0.3, -0.25) is 0 Å². The van der Waals surface area contributed by atoms with Crippen molar-refractivity contribution in [1.82, 2.24) is 4.98 Å². The second kappa shape index (κ2) is 3.75. The quantitative estimate of drug-likeness (QED) is 0.767. The largest absolute Gasteiger partial charge is 0.439 e. The first-order chi connectivity index (χ1) is 6.74. The normalized spacial score (nSPS) is 10.4. The van der Waals surface area contributed by atoms with E-state index in [0.29, 0.717) is 5.22 Å². The van der Waals surface area contributed by atoms with Gasteiger partial charge in [0.2, 0.25) is 0 Å². The lowest BCUT2D eigenvalue weighted by atomic mass is 10.3. The summed E-state index contributed by atoms with van der Waals surface area (Å²) in [7, 11) is 0. The summed E-state index contributed by atoms with van der Waals surface area (Å²) in [4.78, 5) is 5.23. The minimum Gasteiger partial charge on any atom is -0.439 e. The lowest BCUT2D eigenvalue weighted by molar-refractivity contribution is 0.454. The minimum atomic E-state index is 0.646. The number of aromatic nitrogens is 1. The SMILES string of the molecule is Cc1coc(Sc2cccc(N)c2)n1. The van der Waals surface area contributed by atoms with E-state index in [0.717, 1.165) is 16.3 Å². The topological polar surface area (TPSA) is 52.0 Å². The van der Waals surface area contributed by atoms with Gasteiger partial charge in [-0.25, -0.2) is 4.98 Å². The van der Waals surface area contributed by atoms with Crippen LogP contribution in [0.2, 0.25) is 0 Å². The zero-order chi connectivity index (χ0) is 9.97. The van der Waals surface area contributed by atoms with Crippen molar-refractivity contribution in [1.29, 1.82) is 0 Å². The second-order valence-corrected chi connectivity index (χ2v) is 3.95. The Morgan fingerprint density at radius 1 is 1.43 bits per heavy atom. The van der Waals surface area contributed by atoms with Crippen LogP contribution in [0, 0.1) is 6.92 Å². The Hall–Kier alpha value is -1.42. The molecule has 14 heavy (non-hydrogen) atoms. The highest BCUT2D eigenvalue weighted by atomic mass is 32.2. The second-order valence-electron chi connectivity index (χ2n) is 2.93. The third kappa shape index (κ3) is 2.09. The lowest BCUT2D eigenvalue weighted by Crippen LogP contribution is -1.83. The van der Waals surface area contributed by atoms with E-state index in [1.165, 1.54) is 11.8 Å². The minimum absolute atomic E-state index is 0.646. The van der Waals surface area contributed by atoms with Crippen LogP contribution in [0.3, 0.4) is 0 Å². The predicted octanol–water partition coefficient (Wildman–Crippen LogP) is 2.72. The van der Waals surface area contributed by atoms with Gasteiger partial charge in [-0.15, -0.1) is 0 Å². The molecule has 0 amide bonds. The molecular weight excluding hydrogens is 196 g/mol. The molecule has 0 saturated carbocycles. The van der Waals surface area contributed by atoms with Crippen LogP contribution >= 0.6 is 11.8 Å². The molecule has 3 nitrogen and oxygen atoms in total. The van der Waals surface area contributed by atoms with Crippen molar-refractivity contribution in [2.45, 2.75) is 17.0 Å². The Labute approximate surface area is 86.3 Å². The maximum absolute atomic E-state index is 5.65. The molecule has 1 aromatic heterocycles. The van der Waals surface area contributed by atoms with Crippen LogP contribution < -0.4 is 5.73 Å². The molecule has 2 rings (SSSR count). The molecule has 0 saturated heterocycles. The smallest absolute Gasteiger partial charge is 0.260 e. The number of nitrogens with two attached hydrogens (primary N) is 1. The van der Waals surface area contributed by atoms with E-state index in [4.69, 9.17) is 10.2 Å². The van der Waals surface area contributed by atoms with E-state index in [1.54, 1.807) is 6.26 Å². The monoisotopic (exact) mass is 206 g/mol. The van der Waals surface area contributed by atoms with Gasteiger partial charge in [0.15, 0.2) is 0 Å². The summed E-state index contributed by atoms with van der Waals surface area (Å²) in [5.41, 5.74) is 7.29. The Kier molecular flexibility index (Phi) is 2.45. The maximum atomic E-state index is 5.65. The van der Waals surface area contributed by atoms with Gasteiger partial charge in [0.05, 0.1) is 5.69 Å². The highest BCUT2D eigenvalue weighted by Crippen LogP contribution is 2.27. The molecule has 0 radical (unpaired) electrons. The number of benzene rings is 1. The van der Waals surface area contributed by atoms with E-state index in [-0.39, 0.29) is 0 Å². The molecule has 0 aliphatic carbocycles. The molecule has 72 valence electrons.